The van der Waals surface area contributed by atoms with Crippen LogP contribution >= 0.6 is 23.2 Å². The maximum absolute atomic E-state index is 13.5. The molecule has 0 aliphatic carbocycles. The van der Waals surface area contributed by atoms with Crippen LogP contribution in [0.2, 0.25) is 10.0 Å². The molecule has 0 spiro atoms. The Kier molecular flexibility index (Phi) is 5.97. The summed E-state index contributed by atoms with van der Waals surface area (Å²) in [4.78, 5) is 30.6. The number of amides is 1. The summed E-state index contributed by atoms with van der Waals surface area (Å²) < 4.78 is 11.2. The minimum Gasteiger partial charge on any atom is -0.497 e. The van der Waals surface area contributed by atoms with Crippen LogP contribution in [0.25, 0.3) is 11.0 Å². The highest BCUT2D eigenvalue weighted by molar-refractivity contribution is 6.42. The monoisotopic (exact) mass is 460 g/mol. The van der Waals surface area contributed by atoms with Gasteiger partial charge in [-0.1, -0.05) is 29.3 Å². The van der Waals surface area contributed by atoms with E-state index in [2.05, 4.69) is 0 Å². The molecule has 0 N–H and O–H groups in total. The first-order valence-electron chi connectivity index (χ1n) is 9.87. The lowest BCUT2D eigenvalue weighted by molar-refractivity contribution is 0.0722. The summed E-state index contributed by atoms with van der Waals surface area (Å²) in [5.74, 6) is 0.295. The Morgan fingerprint density at radius 2 is 1.87 bits per heavy atom. The van der Waals surface area contributed by atoms with E-state index in [4.69, 9.17) is 32.4 Å². The van der Waals surface area contributed by atoms with Crippen LogP contribution in [0.15, 0.2) is 45.6 Å². The Morgan fingerprint density at radius 3 is 2.55 bits per heavy atom. The zero-order valence-corrected chi connectivity index (χ0v) is 19.0. The highest BCUT2D eigenvalue weighted by atomic mass is 35.5. The number of halogens is 2. The number of ether oxygens (including phenoxy) is 1. The van der Waals surface area contributed by atoms with Crippen molar-refractivity contribution in [2.45, 2.75) is 12.5 Å². The van der Waals surface area contributed by atoms with Crippen LogP contribution in [-0.2, 0) is 0 Å². The van der Waals surface area contributed by atoms with Gasteiger partial charge in [-0.3, -0.25) is 9.59 Å². The minimum absolute atomic E-state index is 0.0617. The average molecular weight is 461 g/mol. The van der Waals surface area contributed by atoms with Gasteiger partial charge in [-0.05, 0) is 56.9 Å². The van der Waals surface area contributed by atoms with Gasteiger partial charge in [-0.2, -0.15) is 0 Å². The van der Waals surface area contributed by atoms with Gasteiger partial charge in [0.25, 0.3) is 5.91 Å². The Hall–Kier alpha value is -2.54. The summed E-state index contributed by atoms with van der Waals surface area (Å²) >= 11 is 12.4. The maximum atomic E-state index is 13.5. The molecule has 2 aromatic carbocycles. The SMILES string of the molecule is COc1ccc2c(=O)c3c(oc2c1)C(=O)N(CCCN(C)C)C3c1ccc(Cl)c(Cl)c1. The van der Waals surface area contributed by atoms with Crippen molar-refractivity contribution < 1.29 is 13.9 Å². The zero-order valence-electron chi connectivity index (χ0n) is 17.4. The van der Waals surface area contributed by atoms with E-state index in [1.807, 2.05) is 19.0 Å². The molecule has 162 valence electrons. The zero-order chi connectivity index (χ0) is 22.3. The third-order valence-electron chi connectivity index (χ3n) is 5.44. The maximum Gasteiger partial charge on any atom is 0.290 e. The van der Waals surface area contributed by atoms with E-state index in [-0.39, 0.29) is 17.1 Å². The number of hydrogen-bond acceptors (Lipinski definition) is 5. The molecule has 8 heteroatoms. The van der Waals surface area contributed by atoms with E-state index >= 15 is 0 Å². The normalized spacial score (nSPS) is 15.7. The molecule has 1 aliphatic heterocycles. The first-order chi connectivity index (χ1) is 14.8. The van der Waals surface area contributed by atoms with Crippen LogP contribution in [0, 0.1) is 0 Å². The number of hydrogen-bond donors (Lipinski definition) is 0. The van der Waals surface area contributed by atoms with Gasteiger partial charge in [-0.15, -0.1) is 0 Å². The molecular weight excluding hydrogens is 439 g/mol. The van der Waals surface area contributed by atoms with Crippen LogP contribution in [0.4, 0.5) is 0 Å². The number of rotatable bonds is 6. The molecule has 0 saturated carbocycles. The van der Waals surface area contributed by atoms with Gasteiger partial charge in [0.1, 0.15) is 11.3 Å². The second-order valence-electron chi connectivity index (χ2n) is 7.77. The molecule has 1 amide bonds. The van der Waals surface area contributed by atoms with Crippen LogP contribution in [0.5, 0.6) is 5.75 Å². The van der Waals surface area contributed by atoms with Crippen molar-refractivity contribution in [2.75, 3.05) is 34.3 Å². The second-order valence-corrected chi connectivity index (χ2v) is 8.58. The molecule has 1 aromatic heterocycles. The molecule has 31 heavy (non-hydrogen) atoms. The quantitative estimate of drug-likeness (QED) is 0.537. The molecule has 4 rings (SSSR count). The summed E-state index contributed by atoms with van der Waals surface area (Å²) in [6, 6.07) is 9.55. The molecule has 3 aromatic rings. The van der Waals surface area contributed by atoms with Crippen molar-refractivity contribution in [3.05, 3.63) is 73.6 Å². The Bertz CT molecular complexity index is 1220. The van der Waals surface area contributed by atoms with Gasteiger partial charge >= 0.3 is 0 Å². The van der Waals surface area contributed by atoms with Gasteiger partial charge in [0, 0.05) is 12.6 Å². The molecular formula is C23H22Cl2N2O4. The van der Waals surface area contributed by atoms with Gasteiger partial charge in [0.2, 0.25) is 5.76 Å². The Labute approximate surface area is 189 Å². The van der Waals surface area contributed by atoms with Crippen molar-refractivity contribution in [3.63, 3.8) is 0 Å². The van der Waals surface area contributed by atoms with Crippen molar-refractivity contribution >= 4 is 40.1 Å². The summed E-state index contributed by atoms with van der Waals surface area (Å²) in [6.07, 6.45) is 0.742. The van der Waals surface area contributed by atoms with Gasteiger partial charge in [-0.25, -0.2) is 0 Å². The third-order valence-corrected chi connectivity index (χ3v) is 6.18. The lowest BCUT2D eigenvalue weighted by Gasteiger charge is -2.26. The molecule has 6 nitrogen and oxygen atoms in total. The van der Waals surface area contributed by atoms with Gasteiger partial charge < -0.3 is 19.0 Å². The average Bonchev–Trinajstić information content (AvgIpc) is 3.02. The standard InChI is InChI=1S/C23H22Cl2N2O4/c1-26(2)9-4-10-27-20(13-5-8-16(24)17(25)11-13)19-21(28)15-7-6-14(30-3)12-18(15)31-22(19)23(27)29/h5-8,11-12,20H,4,9-10H2,1-3H3. The Morgan fingerprint density at radius 1 is 1.10 bits per heavy atom. The number of carbonyl (C=O) groups is 1. The topological polar surface area (TPSA) is 63.0 Å². The summed E-state index contributed by atoms with van der Waals surface area (Å²) in [6.45, 7) is 1.26. The molecule has 0 saturated heterocycles. The Balaban J connectivity index is 1.89. The fourth-order valence-electron chi connectivity index (χ4n) is 3.94. The van der Waals surface area contributed by atoms with Crippen LogP contribution in [0.1, 0.15) is 34.1 Å². The first-order valence-corrected chi connectivity index (χ1v) is 10.6. The molecule has 0 fully saturated rings. The van der Waals surface area contributed by atoms with E-state index < -0.39 is 6.04 Å². The molecule has 2 heterocycles. The summed E-state index contributed by atoms with van der Waals surface area (Å²) in [7, 11) is 5.48. The van der Waals surface area contributed by atoms with Gasteiger partial charge in [0.05, 0.1) is 34.1 Å². The molecule has 1 atom stereocenters. The van der Waals surface area contributed by atoms with Crippen LogP contribution < -0.4 is 10.2 Å². The third kappa shape index (κ3) is 3.91. The van der Waals surface area contributed by atoms with Crippen LogP contribution in [-0.4, -0.2) is 50.0 Å². The van der Waals surface area contributed by atoms with E-state index in [1.165, 1.54) is 7.11 Å². The van der Waals surface area contributed by atoms with E-state index in [0.29, 0.717) is 44.4 Å². The highest BCUT2D eigenvalue weighted by Gasteiger charge is 2.42. The molecule has 1 aliphatic rings. The largest absolute Gasteiger partial charge is 0.497 e. The van der Waals surface area contributed by atoms with Crippen molar-refractivity contribution in [1.29, 1.82) is 0 Å². The smallest absolute Gasteiger partial charge is 0.290 e. The lowest BCUT2D eigenvalue weighted by Crippen LogP contribution is -2.32. The van der Waals surface area contributed by atoms with Crippen molar-refractivity contribution in [3.8, 4) is 5.75 Å². The van der Waals surface area contributed by atoms with E-state index in [9.17, 15) is 9.59 Å². The molecule has 1 unspecified atom stereocenters. The summed E-state index contributed by atoms with van der Waals surface area (Å²) in [5, 5.41) is 1.17. The number of methoxy groups -OCH3 is 1. The van der Waals surface area contributed by atoms with Crippen molar-refractivity contribution in [2.24, 2.45) is 0 Å². The predicted molar refractivity (Wildman–Crippen MR) is 122 cm³/mol. The first kappa shape index (κ1) is 21.7. The number of carbonyl (C=O) groups excluding carboxylic acids is 1. The van der Waals surface area contributed by atoms with Gasteiger partial charge in [0.15, 0.2) is 5.43 Å². The number of fused-ring (bicyclic) bond motifs is 2. The number of benzene rings is 2. The van der Waals surface area contributed by atoms with E-state index in [0.717, 1.165) is 13.0 Å². The molecule has 0 radical (unpaired) electrons. The highest BCUT2D eigenvalue weighted by Crippen LogP contribution is 2.40. The minimum atomic E-state index is -0.595. The molecule has 0 bridgehead atoms. The predicted octanol–water partition coefficient (Wildman–Crippen LogP) is 4.61. The van der Waals surface area contributed by atoms with E-state index in [1.54, 1.807) is 41.3 Å². The fourth-order valence-corrected chi connectivity index (χ4v) is 4.25. The van der Waals surface area contributed by atoms with Crippen LogP contribution in [0.3, 0.4) is 0 Å². The summed E-state index contributed by atoms with van der Waals surface area (Å²) in [5.41, 5.74) is 1.12. The lowest BCUT2D eigenvalue weighted by atomic mass is 9.98. The number of nitrogens with zero attached hydrogens (tertiary/aromatic N) is 2. The van der Waals surface area contributed by atoms with Crippen molar-refractivity contribution in [1.82, 2.24) is 9.80 Å². The second kappa shape index (κ2) is 8.54. The fraction of sp³-hybridized carbons (Fsp3) is 0.304.